The van der Waals surface area contributed by atoms with Crippen LogP contribution in [0.1, 0.15) is 55.5 Å². The first-order chi connectivity index (χ1) is 23.1. The number of aromatic nitrogens is 1. The van der Waals surface area contributed by atoms with Crippen molar-refractivity contribution >= 4 is 49.6 Å². The normalized spacial score (nSPS) is 15.9. The summed E-state index contributed by atoms with van der Waals surface area (Å²) < 4.78 is 71.4. The average Bonchev–Trinajstić information content (AvgIpc) is 3.64. The molecule has 0 aliphatic carbocycles. The molecule has 258 valence electrons. The van der Waals surface area contributed by atoms with E-state index in [0.717, 1.165) is 10.6 Å². The second-order valence-electron chi connectivity index (χ2n) is 13.1. The minimum absolute atomic E-state index is 0.00494. The number of nitrogens with one attached hydrogen (secondary N) is 1. The van der Waals surface area contributed by atoms with E-state index in [2.05, 4.69) is 5.32 Å². The summed E-state index contributed by atoms with van der Waals surface area (Å²) in [7, 11) is -1.25. The van der Waals surface area contributed by atoms with Crippen molar-refractivity contribution in [1.82, 2.24) is 14.2 Å². The number of ether oxygens (including phenoxy) is 1. The minimum atomic E-state index is -4.38. The molecular weight excluding hydrogens is 656 g/mol. The summed E-state index contributed by atoms with van der Waals surface area (Å²) in [5.74, 6) is 4.51. The third kappa shape index (κ3) is 6.27. The number of sulfonamides is 1. The summed E-state index contributed by atoms with van der Waals surface area (Å²) in [6.45, 7) is 5.06. The summed E-state index contributed by atoms with van der Waals surface area (Å²) in [6, 6.07) is 14.5. The van der Waals surface area contributed by atoms with Gasteiger partial charge >= 0.3 is 6.09 Å². The lowest BCUT2D eigenvalue weighted by Crippen LogP contribution is -2.41. The van der Waals surface area contributed by atoms with Crippen LogP contribution in [0.2, 0.25) is 0 Å². The topological polar surface area (TPSA) is 140 Å². The predicted octanol–water partition coefficient (Wildman–Crippen LogP) is 6.35. The number of para-hydroxylation sites is 1. The van der Waals surface area contributed by atoms with Crippen molar-refractivity contribution in [3.8, 4) is 11.3 Å². The van der Waals surface area contributed by atoms with Gasteiger partial charge < -0.3 is 19.5 Å². The number of fused-ring (bicyclic) bond motifs is 2. The van der Waals surface area contributed by atoms with Gasteiger partial charge in [0.05, 0.1) is 16.8 Å². The molecule has 1 atom stereocenters. The third-order valence-electron chi connectivity index (χ3n) is 8.52. The molecule has 0 saturated carbocycles. The SMILES string of the molecule is CNC(=O)c1c(-c2ccc(F)cc2)oc2cc(N(C)N)c([C@@H]3CCCN(S(=O)(=O)c4cc5cccc(F)c5n4C(=O)OC(C)(C)C)C3)cc12. The van der Waals surface area contributed by atoms with Crippen molar-refractivity contribution in [2.24, 2.45) is 5.84 Å². The lowest BCUT2D eigenvalue weighted by molar-refractivity contribution is 0.0528. The highest BCUT2D eigenvalue weighted by Crippen LogP contribution is 2.42. The molecule has 3 heterocycles. The second kappa shape index (κ2) is 12.6. The van der Waals surface area contributed by atoms with Crippen molar-refractivity contribution < 1.29 is 35.9 Å². The number of benzene rings is 3. The van der Waals surface area contributed by atoms with Crippen molar-refractivity contribution in [1.29, 1.82) is 0 Å². The van der Waals surface area contributed by atoms with Crippen LogP contribution in [-0.4, -0.2) is 62.1 Å². The van der Waals surface area contributed by atoms with Gasteiger partial charge in [-0.3, -0.25) is 4.79 Å². The maximum Gasteiger partial charge on any atom is 0.420 e. The Balaban J connectivity index is 1.45. The first-order valence-electron chi connectivity index (χ1n) is 15.7. The third-order valence-corrected chi connectivity index (χ3v) is 10.4. The minimum Gasteiger partial charge on any atom is -0.455 e. The lowest BCUT2D eigenvalue weighted by Gasteiger charge is -2.34. The number of amides is 1. The Morgan fingerprint density at radius 3 is 2.45 bits per heavy atom. The molecular formula is C35H37F2N5O6S. The van der Waals surface area contributed by atoms with Crippen molar-refractivity contribution in [2.75, 3.05) is 32.2 Å². The molecule has 1 saturated heterocycles. The number of hydrazine groups is 1. The van der Waals surface area contributed by atoms with E-state index in [0.29, 0.717) is 40.6 Å². The van der Waals surface area contributed by atoms with Crippen molar-refractivity contribution in [3.63, 3.8) is 0 Å². The second-order valence-corrected chi connectivity index (χ2v) is 15.0. The lowest BCUT2D eigenvalue weighted by atomic mass is 9.88. The van der Waals surface area contributed by atoms with E-state index >= 15 is 4.39 Å². The van der Waals surface area contributed by atoms with Crippen LogP contribution < -0.4 is 16.2 Å². The summed E-state index contributed by atoms with van der Waals surface area (Å²) in [6.07, 6.45) is 0.0291. The van der Waals surface area contributed by atoms with Crippen LogP contribution in [0.25, 0.3) is 33.2 Å². The fourth-order valence-corrected chi connectivity index (χ4v) is 8.04. The van der Waals surface area contributed by atoms with Crippen LogP contribution in [0.5, 0.6) is 0 Å². The van der Waals surface area contributed by atoms with E-state index in [1.54, 1.807) is 40.0 Å². The number of hydrogen-bond donors (Lipinski definition) is 2. The van der Waals surface area contributed by atoms with Crippen LogP contribution in [-0.2, 0) is 14.8 Å². The average molecular weight is 694 g/mol. The molecule has 0 spiro atoms. The zero-order valence-corrected chi connectivity index (χ0v) is 28.5. The molecule has 0 unspecified atom stereocenters. The molecule has 1 amide bonds. The van der Waals surface area contributed by atoms with E-state index in [1.807, 2.05) is 0 Å². The summed E-state index contributed by atoms with van der Waals surface area (Å²) in [5, 5.41) is 4.33. The van der Waals surface area contributed by atoms with Gasteiger partial charge in [-0.15, -0.1) is 0 Å². The van der Waals surface area contributed by atoms with Crippen LogP contribution >= 0.6 is 0 Å². The Kier molecular flexibility index (Phi) is 8.76. The number of rotatable bonds is 6. The van der Waals surface area contributed by atoms with Gasteiger partial charge in [0.1, 0.15) is 28.6 Å². The maximum absolute atomic E-state index is 15.2. The van der Waals surface area contributed by atoms with Crippen molar-refractivity contribution in [3.05, 3.63) is 83.4 Å². The highest BCUT2D eigenvalue weighted by atomic mass is 32.2. The molecule has 1 aliphatic rings. The van der Waals surface area contributed by atoms with Crippen LogP contribution in [0.3, 0.4) is 0 Å². The molecule has 3 aromatic carbocycles. The monoisotopic (exact) mass is 693 g/mol. The number of piperidine rings is 1. The smallest absolute Gasteiger partial charge is 0.420 e. The summed E-state index contributed by atoms with van der Waals surface area (Å²) >= 11 is 0. The Bertz CT molecular complexity index is 2200. The van der Waals surface area contributed by atoms with Gasteiger partial charge in [-0.1, -0.05) is 12.1 Å². The summed E-state index contributed by atoms with van der Waals surface area (Å²) in [4.78, 5) is 26.6. The number of carbonyl (C=O) groups is 2. The summed E-state index contributed by atoms with van der Waals surface area (Å²) in [5.41, 5.74) is 1.14. The van der Waals surface area contributed by atoms with Crippen molar-refractivity contribution in [2.45, 2.75) is 50.2 Å². The highest BCUT2D eigenvalue weighted by molar-refractivity contribution is 7.89. The molecule has 1 fully saturated rings. The van der Waals surface area contributed by atoms with Gasteiger partial charge in [0, 0.05) is 49.6 Å². The van der Waals surface area contributed by atoms with Gasteiger partial charge in [0.2, 0.25) is 0 Å². The highest BCUT2D eigenvalue weighted by Gasteiger charge is 2.37. The zero-order valence-electron chi connectivity index (χ0n) is 27.7. The first kappa shape index (κ1) is 34.1. The fourth-order valence-electron chi connectivity index (χ4n) is 6.35. The maximum atomic E-state index is 15.2. The quantitative estimate of drug-likeness (QED) is 0.155. The van der Waals surface area contributed by atoms with Crippen LogP contribution in [0.4, 0.5) is 19.3 Å². The van der Waals surface area contributed by atoms with Crippen LogP contribution in [0.15, 0.2) is 70.1 Å². The molecule has 2 aromatic heterocycles. The van der Waals surface area contributed by atoms with E-state index in [4.69, 9.17) is 15.0 Å². The van der Waals surface area contributed by atoms with E-state index in [9.17, 15) is 22.4 Å². The number of hydrogen-bond acceptors (Lipinski definition) is 8. The van der Waals surface area contributed by atoms with E-state index in [1.165, 1.54) is 58.8 Å². The largest absolute Gasteiger partial charge is 0.455 e. The number of halogens is 2. The molecule has 1 aliphatic heterocycles. The molecule has 6 rings (SSSR count). The number of anilines is 1. The standard InChI is InChI=1S/C35H37F2N5O6S/c1-35(2,3)48-34(44)42-29(16-21-8-6-10-26(37)31(21)42)49(45,46)41-15-7-9-22(19-41)24-17-25-28(18-27(24)40(5)38)47-32(30(25)33(43)39-4)20-11-13-23(36)14-12-20/h6,8,10-14,16-18,22H,7,9,15,19,38H2,1-5H3,(H,39,43)/t22-/m1/s1. The zero-order chi connectivity index (χ0) is 35.4. The predicted molar refractivity (Wildman–Crippen MR) is 182 cm³/mol. The van der Waals surface area contributed by atoms with Gasteiger partial charge in [-0.2, -0.15) is 4.31 Å². The van der Waals surface area contributed by atoms with E-state index in [-0.39, 0.29) is 35.3 Å². The molecule has 5 aromatic rings. The first-order valence-corrected chi connectivity index (χ1v) is 17.1. The Labute approximate surface area is 282 Å². The van der Waals surface area contributed by atoms with Gasteiger partial charge in [-0.25, -0.2) is 32.4 Å². The number of furan rings is 1. The molecule has 14 heteroatoms. The number of nitrogens with zero attached hydrogens (tertiary/aromatic N) is 3. The number of carbonyl (C=O) groups excluding carboxylic acids is 2. The molecule has 49 heavy (non-hydrogen) atoms. The van der Waals surface area contributed by atoms with Crippen LogP contribution in [0, 0.1) is 11.6 Å². The van der Waals surface area contributed by atoms with E-state index < -0.39 is 50.2 Å². The number of nitrogens with two attached hydrogens (primary N) is 1. The van der Waals surface area contributed by atoms with Gasteiger partial charge in [0.25, 0.3) is 15.9 Å². The van der Waals surface area contributed by atoms with Gasteiger partial charge in [0.15, 0.2) is 5.03 Å². The molecule has 3 N–H and O–H groups in total. The molecule has 11 nitrogen and oxygen atoms in total. The Hall–Kier alpha value is -4.79. The van der Waals surface area contributed by atoms with Gasteiger partial charge in [-0.05, 0) is 87.6 Å². The fraction of sp³-hybridized carbons (Fsp3) is 0.314. The molecule has 0 radical (unpaired) electrons. The molecule has 0 bridgehead atoms. The Morgan fingerprint density at radius 2 is 1.80 bits per heavy atom. The Morgan fingerprint density at radius 1 is 1.08 bits per heavy atom.